The highest BCUT2D eigenvalue weighted by atomic mass is 79.9. The van der Waals surface area contributed by atoms with Crippen molar-refractivity contribution in [1.82, 2.24) is 4.98 Å². The molecule has 1 heterocycles. The monoisotopic (exact) mass is 335 g/mol. The lowest BCUT2D eigenvalue weighted by atomic mass is 10.1. The third-order valence-corrected chi connectivity index (χ3v) is 3.17. The SMILES string of the molecule is COC(=O)c1cc2c(F)c(Br)cc(F)c2nc1Cl. The van der Waals surface area contributed by atoms with Crippen molar-refractivity contribution < 1.29 is 18.3 Å². The molecule has 0 saturated carbocycles. The Morgan fingerprint density at radius 2 is 2.11 bits per heavy atom. The molecule has 0 radical (unpaired) electrons. The topological polar surface area (TPSA) is 39.2 Å². The van der Waals surface area contributed by atoms with Crippen LogP contribution in [0.15, 0.2) is 16.6 Å². The molecule has 0 fully saturated rings. The van der Waals surface area contributed by atoms with Crippen LogP contribution in [0.3, 0.4) is 0 Å². The van der Waals surface area contributed by atoms with Gasteiger partial charge in [-0.1, -0.05) is 11.6 Å². The van der Waals surface area contributed by atoms with Crippen LogP contribution in [-0.2, 0) is 4.74 Å². The van der Waals surface area contributed by atoms with Crippen LogP contribution in [0.25, 0.3) is 10.9 Å². The predicted molar refractivity (Wildman–Crippen MR) is 65.7 cm³/mol. The Bertz CT molecular complexity index is 663. The van der Waals surface area contributed by atoms with Gasteiger partial charge in [-0.3, -0.25) is 0 Å². The summed E-state index contributed by atoms with van der Waals surface area (Å²) in [4.78, 5) is 15.1. The zero-order valence-electron chi connectivity index (χ0n) is 8.93. The number of benzene rings is 1. The van der Waals surface area contributed by atoms with E-state index in [4.69, 9.17) is 11.6 Å². The highest BCUT2D eigenvalue weighted by Gasteiger charge is 2.18. The van der Waals surface area contributed by atoms with Crippen LogP contribution < -0.4 is 0 Å². The maximum absolute atomic E-state index is 13.8. The smallest absolute Gasteiger partial charge is 0.341 e. The summed E-state index contributed by atoms with van der Waals surface area (Å²) in [6.07, 6.45) is 0. The molecule has 1 aromatic heterocycles. The number of aromatic nitrogens is 1. The molecule has 0 saturated heterocycles. The lowest BCUT2D eigenvalue weighted by Crippen LogP contribution is -2.04. The maximum Gasteiger partial charge on any atom is 0.341 e. The Kier molecular flexibility index (Phi) is 3.49. The Labute approximate surface area is 114 Å². The zero-order valence-corrected chi connectivity index (χ0v) is 11.3. The molecule has 3 nitrogen and oxygen atoms in total. The first-order valence-electron chi connectivity index (χ1n) is 4.67. The van der Waals surface area contributed by atoms with E-state index in [1.807, 2.05) is 0 Å². The molecular weight excluding hydrogens is 331 g/mol. The van der Waals surface area contributed by atoms with Crippen molar-refractivity contribution in [3.05, 3.63) is 39.0 Å². The minimum Gasteiger partial charge on any atom is -0.465 e. The quantitative estimate of drug-likeness (QED) is 0.453. The van der Waals surface area contributed by atoms with Crippen LogP contribution in [0.1, 0.15) is 10.4 Å². The average molecular weight is 337 g/mol. The summed E-state index contributed by atoms with van der Waals surface area (Å²) in [7, 11) is 1.15. The normalized spacial score (nSPS) is 10.7. The largest absolute Gasteiger partial charge is 0.465 e. The Morgan fingerprint density at radius 3 is 2.72 bits per heavy atom. The van der Waals surface area contributed by atoms with E-state index in [9.17, 15) is 13.6 Å². The molecule has 0 N–H and O–H groups in total. The van der Waals surface area contributed by atoms with Gasteiger partial charge in [-0.2, -0.15) is 0 Å². The van der Waals surface area contributed by atoms with Crippen LogP contribution in [0.4, 0.5) is 8.78 Å². The van der Waals surface area contributed by atoms with Crippen molar-refractivity contribution in [3.8, 4) is 0 Å². The molecule has 0 aliphatic rings. The number of hydrogen-bond donors (Lipinski definition) is 0. The number of hydrogen-bond acceptors (Lipinski definition) is 3. The van der Waals surface area contributed by atoms with E-state index < -0.39 is 17.6 Å². The molecule has 2 rings (SSSR count). The number of rotatable bonds is 1. The number of carbonyl (C=O) groups excluding carboxylic acids is 1. The predicted octanol–water partition coefficient (Wildman–Crippen LogP) is 3.72. The van der Waals surface area contributed by atoms with Crippen molar-refractivity contribution in [2.24, 2.45) is 0 Å². The van der Waals surface area contributed by atoms with Gasteiger partial charge in [0.05, 0.1) is 17.1 Å². The first kappa shape index (κ1) is 13.2. The molecule has 0 bridgehead atoms. The van der Waals surface area contributed by atoms with Gasteiger partial charge in [-0.15, -0.1) is 0 Å². The Hall–Kier alpha value is -1.27. The first-order chi connectivity index (χ1) is 8.45. The number of methoxy groups -OCH3 is 1. The third-order valence-electron chi connectivity index (χ3n) is 2.31. The zero-order chi connectivity index (χ0) is 13.4. The van der Waals surface area contributed by atoms with Crippen molar-refractivity contribution in [1.29, 1.82) is 0 Å². The molecule has 94 valence electrons. The van der Waals surface area contributed by atoms with E-state index in [1.165, 1.54) is 0 Å². The number of nitrogens with zero attached hydrogens (tertiary/aromatic N) is 1. The molecule has 18 heavy (non-hydrogen) atoms. The minimum atomic E-state index is -0.769. The van der Waals surface area contributed by atoms with Gasteiger partial charge in [0.15, 0.2) is 5.82 Å². The maximum atomic E-state index is 13.8. The fraction of sp³-hybridized carbons (Fsp3) is 0.0909. The Balaban J connectivity index is 2.85. The second-order valence-corrected chi connectivity index (χ2v) is 4.58. The number of fused-ring (bicyclic) bond motifs is 1. The minimum absolute atomic E-state index is 0.0626. The van der Waals surface area contributed by atoms with E-state index in [1.54, 1.807) is 0 Å². The van der Waals surface area contributed by atoms with Crippen LogP contribution in [-0.4, -0.2) is 18.1 Å². The molecule has 0 amide bonds. The van der Waals surface area contributed by atoms with Crippen molar-refractivity contribution >= 4 is 44.4 Å². The average Bonchev–Trinajstić information content (AvgIpc) is 2.35. The van der Waals surface area contributed by atoms with Crippen LogP contribution in [0.5, 0.6) is 0 Å². The molecular formula is C11H5BrClF2NO2. The molecule has 0 spiro atoms. The summed E-state index contributed by atoms with van der Waals surface area (Å²) in [5.41, 5.74) is -0.364. The number of ether oxygens (including phenoxy) is 1. The van der Waals surface area contributed by atoms with Crippen molar-refractivity contribution in [2.75, 3.05) is 7.11 Å². The van der Waals surface area contributed by atoms with E-state index in [0.717, 1.165) is 19.2 Å². The summed E-state index contributed by atoms with van der Waals surface area (Å²) in [5, 5.41) is -0.387. The molecule has 0 atom stereocenters. The third kappa shape index (κ3) is 2.06. The second kappa shape index (κ2) is 4.78. The summed E-state index contributed by atoms with van der Waals surface area (Å²) in [6, 6.07) is 2.05. The van der Waals surface area contributed by atoms with Gasteiger partial charge in [-0.05, 0) is 28.1 Å². The van der Waals surface area contributed by atoms with Crippen LogP contribution >= 0.6 is 27.5 Å². The van der Waals surface area contributed by atoms with E-state index in [0.29, 0.717) is 0 Å². The molecule has 0 aliphatic carbocycles. The van der Waals surface area contributed by atoms with Crippen LogP contribution in [0, 0.1) is 11.6 Å². The van der Waals surface area contributed by atoms with Gasteiger partial charge in [0.2, 0.25) is 0 Å². The summed E-state index contributed by atoms with van der Waals surface area (Å²) >= 11 is 8.60. The highest BCUT2D eigenvalue weighted by Crippen LogP contribution is 2.29. The first-order valence-corrected chi connectivity index (χ1v) is 5.85. The molecule has 1 aromatic carbocycles. The Morgan fingerprint density at radius 1 is 1.44 bits per heavy atom. The fourth-order valence-electron chi connectivity index (χ4n) is 1.46. The van der Waals surface area contributed by atoms with Crippen LogP contribution in [0.2, 0.25) is 5.15 Å². The highest BCUT2D eigenvalue weighted by molar-refractivity contribution is 9.10. The van der Waals surface area contributed by atoms with Gasteiger partial charge in [0.1, 0.15) is 16.5 Å². The fourth-order valence-corrected chi connectivity index (χ4v) is 2.10. The summed E-state index contributed by atoms with van der Waals surface area (Å²) in [6.45, 7) is 0. The van der Waals surface area contributed by atoms with Gasteiger partial charge in [0.25, 0.3) is 0 Å². The lowest BCUT2D eigenvalue weighted by Gasteiger charge is -2.07. The lowest BCUT2D eigenvalue weighted by molar-refractivity contribution is 0.0600. The number of esters is 1. The number of carbonyl (C=O) groups is 1. The molecule has 0 aliphatic heterocycles. The molecule has 2 aromatic rings. The van der Waals surface area contributed by atoms with Crippen molar-refractivity contribution in [3.63, 3.8) is 0 Å². The second-order valence-electron chi connectivity index (χ2n) is 3.37. The van der Waals surface area contributed by atoms with Gasteiger partial charge in [0, 0.05) is 5.39 Å². The van der Waals surface area contributed by atoms with Gasteiger partial charge >= 0.3 is 5.97 Å². The molecule has 0 unspecified atom stereocenters. The van der Waals surface area contributed by atoms with Gasteiger partial charge < -0.3 is 4.74 Å². The van der Waals surface area contributed by atoms with E-state index >= 15 is 0 Å². The van der Waals surface area contributed by atoms with Crippen molar-refractivity contribution in [2.45, 2.75) is 0 Å². The number of halogens is 4. The number of pyridine rings is 1. The molecule has 7 heteroatoms. The summed E-state index contributed by atoms with van der Waals surface area (Å²) < 4.78 is 31.8. The summed E-state index contributed by atoms with van der Waals surface area (Å²) in [5.74, 6) is -2.23. The van der Waals surface area contributed by atoms with Gasteiger partial charge in [-0.25, -0.2) is 18.6 Å². The van der Waals surface area contributed by atoms with E-state index in [-0.39, 0.29) is 26.1 Å². The van der Waals surface area contributed by atoms with E-state index in [2.05, 4.69) is 25.7 Å². The standard InChI is InChI=1S/C11H5BrClF2NO2/c1-18-11(17)5-2-4-8(15)6(12)3-7(14)9(4)16-10(5)13/h2-3H,1H3.